The standard InChI is InChI=1S/C18H17F2N5O3/c1-10-4-11(12-7-22-25(8-12)9-15(26)17(27)28)6-13(5-10)23-18-21-3-2-14(24-18)16(19)20/h2-8,15-16,26H,9H2,1H3,(H,27,28)(H,21,23,24)/t15-/m0/s1. The van der Waals surface area contributed by atoms with Gasteiger partial charge in [-0.3, -0.25) is 4.68 Å². The molecule has 3 aromatic rings. The molecule has 2 aromatic heterocycles. The number of aliphatic carboxylic acids is 1. The number of hydrogen-bond donors (Lipinski definition) is 3. The number of aliphatic hydroxyl groups excluding tert-OH is 1. The van der Waals surface area contributed by atoms with Crippen LogP contribution in [0.25, 0.3) is 11.1 Å². The maximum absolute atomic E-state index is 12.8. The van der Waals surface area contributed by atoms with Crippen LogP contribution in [-0.2, 0) is 11.3 Å². The van der Waals surface area contributed by atoms with Crippen molar-refractivity contribution < 1.29 is 23.8 Å². The van der Waals surface area contributed by atoms with Crippen LogP contribution in [-0.4, -0.2) is 42.0 Å². The van der Waals surface area contributed by atoms with Gasteiger partial charge in [0.25, 0.3) is 6.43 Å². The lowest BCUT2D eigenvalue weighted by Gasteiger charge is -2.09. The minimum Gasteiger partial charge on any atom is -0.479 e. The summed E-state index contributed by atoms with van der Waals surface area (Å²) in [6, 6.07) is 6.61. The molecule has 10 heteroatoms. The Morgan fingerprint density at radius 3 is 2.79 bits per heavy atom. The number of benzene rings is 1. The Bertz CT molecular complexity index is 993. The number of carbonyl (C=O) groups is 1. The number of rotatable bonds is 7. The van der Waals surface area contributed by atoms with Crippen LogP contribution in [0, 0.1) is 6.92 Å². The Labute approximate surface area is 158 Å². The molecule has 3 rings (SSSR count). The number of aryl methyl sites for hydroxylation is 1. The van der Waals surface area contributed by atoms with E-state index in [1.165, 1.54) is 10.9 Å². The average molecular weight is 389 g/mol. The van der Waals surface area contributed by atoms with Crippen molar-refractivity contribution in [3.63, 3.8) is 0 Å². The van der Waals surface area contributed by atoms with Crippen molar-refractivity contribution in [2.45, 2.75) is 26.0 Å². The maximum Gasteiger partial charge on any atom is 0.334 e. The smallest absolute Gasteiger partial charge is 0.334 e. The predicted molar refractivity (Wildman–Crippen MR) is 96.3 cm³/mol. The van der Waals surface area contributed by atoms with E-state index in [9.17, 15) is 18.7 Å². The number of halogens is 2. The molecule has 1 aromatic carbocycles. The van der Waals surface area contributed by atoms with Crippen molar-refractivity contribution in [1.29, 1.82) is 0 Å². The van der Waals surface area contributed by atoms with Crippen molar-refractivity contribution in [3.05, 3.63) is 54.1 Å². The fourth-order valence-electron chi connectivity index (χ4n) is 2.57. The first-order chi connectivity index (χ1) is 13.3. The van der Waals surface area contributed by atoms with Crippen LogP contribution in [0.3, 0.4) is 0 Å². The van der Waals surface area contributed by atoms with Gasteiger partial charge in [0.2, 0.25) is 5.95 Å². The molecule has 0 aliphatic rings. The first-order valence-electron chi connectivity index (χ1n) is 8.25. The molecular weight excluding hydrogens is 372 g/mol. The first-order valence-corrected chi connectivity index (χ1v) is 8.25. The van der Waals surface area contributed by atoms with E-state index in [-0.39, 0.29) is 18.2 Å². The highest BCUT2D eigenvalue weighted by Crippen LogP contribution is 2.26. The molecule has 0 spiro atoms. The topological polar surface area (TPSA) is 113 Å². The summed E-state index contributed by atoms with van der Waals surface area (Å²) in [5, 5.41) is 25.2. The molecular formula is C18H17F2N5O3. The zero-order valence-electron chi connectivity index (χ0n) is 14.8. The van der Waals surface area contributed by atoms with Crippen LogP contribution < -0.4 is 5.32 Å². The SMILES string of the molecule is Cc1cc(Nc2nccc(C(F)F)n2)cc(-c2cnn(C[C@H](O)C(=O)O)c2)c1. The number of anilines is 2. The number of nitrogens with one attached hydrogen (secondary N) is 1. The highest BCUT2D eigenvalue weighted by atomic mass is 19.3. The molecule has 0 aliphatic carbocycles. The molecule has 0 radical (unpaired) electrons. The van der Waals surface area contributed by atoms with Gasteiger partial charge in [0.15, 0.2) is 6.10 Å². The second-order valence-electron chi connectivity index (χ2n) is 6.12. The minimum absolute atomic E-state index is 0.0506. The highest BCUT2D eigenvalue weighted by Gasteiger charge is 2.15. The van der Waals surface area contributed by atoms with E-state index in [0.29, 0.717) is 11.3 Å². The first kappa shape index (κ1) is 19.4. The van der Waals surface area contributed by atoms with Crippen LogP contribution in [0.5, 0.6) is 0 Å². The molecule has 0 saturated heterocycles. The predicted octanol–water partition coefficient (Wildman–Crippen LogP) is 2.78. The molecule has 0 amide bonds. The number of carboxylic acids is 1. The molecule has 28 heavy (non-hydrogen) atoms. The van der Waals surface area contributed by atoms with Gasteiger partial charge >= 0.3 is 5.97 Å². The normalized spacial score (nSPS) is 12.2. The van der Waals surface area contributed by atoms with Crippen LogP contribution in [0.15, 0.2) is 42.9 Å². The van der Waals surface area contributed by atoms with Crippen molar-refractivity contribution in [3.8, 4) is 11.1 Å². The summed E-state index contributed by atoms with van der Waals surface area (Å²) in [7, 11) is 0. The van der Waals surface area contributed by atoms with Crippen LogP contribution in [0.2, 0.25) is 0 Å². The summed E-state index contributed by atoms with van der Waals surface area (Å²) >= 11 is 0. The van der Waals surface area contributed by atoms with E-state index in [4.69, 9.17) is 5.11 Å². The summed E-state index contributed by atoms with van der Waals surface area (Å²) in [5.74, 6) is -1.28. The fourth-order valence-corrected chi connectivity index (χ4v) is 2.57. The number of aromatic nitrogens is 4. The van der Waals surface area contributed by atoms with Crippen molar-refractivity contribution in [2.75, 3.05) is 5.32 Å². The minimum atomic E-state index is -2.69. The Morgan fingerprint density at radius 1 is 1.29 bits per heavy atom. The van der Waals surface area contributed by atoms with Crippen LogP contribution >= 0.6 is 0 Å². The number of hydrogen-bond acceptors (Lipinski definition) is 6. The molecule has 8 nitrogen and oxygen atoms in total. The zero-order valence-corrected chi connectivity index (χ0v) is 14.8. The van der Waals surface area contributed by atoms with Gasteiger partial charge in [-0.05, 0) is 36.2 Å². The lowest BCUT2D eigenvalue weighted by atomic mass is 10.1. The van der Waals surface area contributed by atoms with E-state index in [2.05, 4.69) is 20.4 Å². The largest absolute Gasteiger partial charge is 0.479 e. The van der Waals surface area contributed by atoms with E-state index in [1.54, 1.807) is 24.5 Å². The van der Waals surface area contributed by atoms with E-state index in [0.717, 1.165) is 17.2 Å². The summed E-state index contributed by atoms with van der Waals surface area (Å²) in [6.45, 7) is 1.68. The molecule has 0 bridgehead atoms. The molecule has 2 heterocycles. The summed E-state index contributed by atoms with van der Waals surface area (Å²) in [4.78, 5) is 18.5. The summed E-state index contributed by atoms with van der Waals surface area (Å²) in [6.07, 6.45) is 0.163. The van der Waals surface area contributed by atoms with Crippen LogP contribution in [0.1, 0.15) is 17.7 Å². The summed E-state index contributed by atoms with van der Waals surface area (Å²) < 4.78 is 26.9. The highest BCUT2D eigenvalue weighted by molar-refractivity contribution is 5.72. The third-order valence-electron chi connectivity index (χ3n) is 3.85. The molecule has 146 valence electrons. The third kappa shape index (κ3) is 4.65. The molecule has 1 atom stereocenters. The van der Waals surface area contributed by atoms with Gasteiger partial charge in [-0.15, -0.1) is 0 Å². The maximum atomic E-state index is 12.8. The van der Waals surface area contributed by atoms with Gasteiger partial charge in [0, 0.05) is 23.6 Å². The second-order valence-corrected chi connectivity index (χ2v) is 6.12. The molecule has 0 aliphatic heterocycles. The van der Waals surface area contributed by atoms with Gasteiger partial charge < -0.3 is 15.5 Å². The zero-order chi connectivity index (χ0) is 20.3. The van der Waals surface area contributed by atoms with Gasteiger partial charge in [-0.2, -0.15) is 5.10 Å². The van der Waals surface area contributed by atoms with E-state index < -0.39 is 18.5 Å². The monoisotopic (exact) mass is 389 g/mol. The van der Waals surface area contributed by atoms with E-state index >= 15 is 0 Å². The average Bonchev–Trinajstić information content (AvgIpc) is 3.10. The lowest BCUT2D eigenvalue weighted by Crippen LogP contribution is -2.25. The molecule has 0 saturated carbocycles. The van der Waals surface area contributed by atoms with Gasteiger partial charge in [-0.1, -0.05) is 6.07 Å². The third-order valence-corrected chi connectivity index (χ3v) is 3.85. The van der Waals surface area contributed by atoms with E-state index in [1.807, 2.05) is 13.0 Å². The van der Waals surface area contributed by atoms with Crippen molar-refractivity contribution >= 4 is 17.6 Å². The number of aliphatic hydroxyl groups is 1. The van der Waals surface area contributed by atoms with Gasteiger partial charge in [0.05, 0.1) is 12.7 Å². The van der Waals surface area contributed by atoms with Crippen LogP contribution in [0.4, 0.5) is 20.4 Å². The Morgan fingerprint density at radius 2 is 2.07 bits per heavy atom. The van der Waals surface area contributed by atoms with Crippen molar-refractivity contribution in [1.82, 2.24) is 19.7 Å². The Balaban J connectivity index is 1.83. The lowest BCUT2D eigenvalue weighted by molar-refractivity contribution is -0.147. The second kappa shape index (κ2) is 8.09. The molecule has 0 fully saturated rings. The fraction of sp³-hybridized carbons (Fsp3) is 0.222. The Kier molecular flexibility index (Phi) is 5.59. The summed E-state index contributed by atoms with van der Waals surface area (Å²) in [5.41, 5.74) is 2.59. The molecule has 3 N–H and O–H groups in total. The van der Waals surface area contributed by atoms with Crippen molar-refractivity contribution in [2.24, 2.45) is 0 Å². The number of carboxylic acid groups (broad SMARTS) is 1. The van der Waals surface area contributed by atoms with Gasteiger partial charge in [-0.25, -0.2) is 23.5 Å². The number of nitrogens with zero attached hydrogens (tertiary/aromatic N) is 4. The number of alkyl halides is 2. The Hall–Kier alpha value is -3.40. The van der Waals surface area contributed by atoms with Gasteiger partial charge in [0.1, 0.15) is 5.69 Å². The quantitative estimate of drug-likeness (QED) is 0.569. The molecule has 0 unspecified atom stereocenters.